The molecule has 0 radical (unpaired) electrons. The van der Waals surface area contributed by atoms with Crippen LogP contribution < -0.4 is 0 Å². The van der Waals surface area contributed by atoms with Gasteiger partial charge in [0.05, 0.1) is 5.66 Å². The summed E-state index contributed by atoms with van der Waals surface area (Å²) in [6.45, 7) is 6.85. The molecule has 0 bridgehead atoms. The van der Waals surface area contributed by atoms with Gasteiger partial charge in [-0.15, -0.1) is 0 Å². The van der Waals surface area contributed by atoms with E-state index in [9.17, 15) is 4.57 Å². The number of halogens is 1. The molecule has 110 valence electrons. The van der Waals surface area contributed by atoms with E-state index in [1.54, 1.807) is 0 Å². The first-order chi connectivity index (χ1) is 9.26. The Bertz CT molecular complexity index is 522. The van der Waals surface area contributed by atoms with Crippen molar-refractivity contribution in [3.8, 4) is 11.8 Å². The lowest BCUT2D eigenvalue weighted by Gasteiger charge is -2.35. The summed E-state index contributed by atoms with van der Waals surface area (Å²) in [5, 5.41) is 0. The smallest absolute Gasteiger partial charge is 0.249 e. The highest BCUT2D eigenvalue weighted by molar-refractivity contribution is 7.88. The molecule has 0 unspecified atom stereocenters. The molecule has 4 heteroatoms. The van der Waals surface area contributed by atoms with Crippen molar-refractivity contribution in [1.82, 2.24) is 4.67 Å². The van der Waals surface area contributed by atoms with Crippen molar-refractivity contribution in [2.75, 3.05) is 0 Å². The Labute approximate surface area is 127 Å². The van der Waals surface area contributed by atoms with Crippen LogP contribution in [0.3, 0.4) is 0 Å². The monoisotopic (exact) mass is 311 g/mol. The molecule has 0 spiro atoms. The predicted octanol–water partition coefficient (Wildman–Crippen LogP) is 4.98. The van der Waals surface area contributed by atoms with Crippen LogP contribution in [0.4, 0.5) is 0 Å². The molecule has 0 amide bonds. The summed E-state index contributed by atoms with van der Waals surface area (Å²) in [6, 6.07) is 9.93. The largest absolute Gasteiger partial charge is 0.288 e. The fourth-order valence-corrected chi connectivity index (χ4v) is 5.29. The minimum absolute atomic E-state index is 0.124. The van der Waals surface area contributed by atoms with E-state index in [-0.39, 0.29) is 17.7 Å². The van der Waals surface area contributed by atoms with Crippen molar-refractivity contribution in [2.45, 2.75) is 52.4 Å². The second-order valence-corrected chi connectivity index (χ2v) is 9.20. The van der Waals surface area contributed by atoms with Crippen LogP contribution in [-0.4, -0.2) is 22.4 Å². The third-order valence-corrected chi connectivity index (χ3v) is 7.09. The summed E-state index contributed by atoms with van der Waals surface area (Å²) in [5.74, 6) is 6.09. The number of benzene rings is 1. The van der Waals surface area contributed by atoms with Gasteiger partial charge >= 0.3 is 0 Å². The maximum Gasteiger partial charge on any atom is 0.249 e. The Morgan fingerprint density at radius 2 is 1.55 bits per heavy atom. The van der Waals surface area contributed by atoms with Gasteiger partial charge in [0.1, 0.15) is 0 Å². The highest BCUT2D eigenvalue weighted by atomic mass is 35.7. The molecule has 0 aliphatic rings. The molecule has 0 aliphatic carbocycles. The average Bonchev–Trinajstić information content (AvgIpc) is 2.35. The molecule has 1 aromatic carbocycles. The van der Waals surface area contributed by atoms with Crippen LogP contribution in [0, 0.1) is 11.8 Å². The van der Waals surface area contributed by atoms with E-state index in [1.165, 1.54) is 0 Å². The van der Waals surface area contributed by atoms with Crippen LogP contribution in [-0.2, 0) is 4.57 Å². The first kappa shape index (κ1) is 17.3. The van der Waals surface area contributed by atoms with Gasteiger partial charge in [0.15, 0.2) is 0 Å². The number of rotatable bonds is 4. The van der Waals surface area contributed by atoms with E-state index in [0.717, 1.165) is 5.56 Å². The molecule has 0 aromatic heterocycles. The summed E-state index contributed by atoms with van der Waals surface area (Å²) in [7, 11) is 0. The van der Waals surface area contributed by atoms with Gasteiger partial charge in [-0.25, -0.2) is 4.67 Å². The van der Waals surface area contributed by atoms with Crippen molar-refractivity contribution in [3.63, 3.8) is 0 Å². The van der Waals surface area contributed by atoms with Crippen LogP contribution in [0.5, 0.6) is 0 Å². The molecule has 0 fully saturated rings. The molecule has 0 saturated heterocycles. The molecule has 0 heterocycles. The van der Waals surface area contributed by atoms with Gasteiger partial charge in [-0.2, -0.15) is 0 Å². The fraction of sp³-hybridized carbons (Fsp3) is 0.500. The Hall–Kier alpha value is -0.740. The number of nitrogens with zero attached hydrogens (tertiary/aromatic N) is 1. The lowest BCUT2D eigenvalue weighted by atomic mass is 10.2. The second kappa shape index (κ2) is 7.32. The van der Waals surface area contributed by atoms with Gasteiger partial charge in [-0.3, -0.25) is 4.57 Å². The van der Waals surface area contributed by atoms with Gasteiger partial charge in [0.25, 0.3) is 0 Å². The highest BCUT2D eigenvalue weighted by Gasteiger charge is 2.36. The van der Waals surface area contributed by atoms with Gasteiger partial charge in [0, 0.05) is 17.6 Å². The SMILES string of the molecule is CC(C)N(C(C)C)[P@@](=O)(Cl)[C@@H](C)C#Cc1ccccc1. The first-order valence-electron chi connectivity index (χ1n) is 6.91. The maximum absolute atomic E-state index is 12.9. The van der Waals surface area contributed by atoms with Crippen molar-refractivity contribution in [2.24, 2.45) is 0 Å². The van der Waals surface area contributed by atoms with Gasteiger partial charge < -0.3 is 0 Å². The summed E-state index contributed by atoms with van der Waals surface area (Å²) in [6.07, 6.45) is 0. The molecule has 0 aliphatic heterocycles. The molecule has 2 nitrogen and oxygen atoms in total. The van der Waals surface area contributed by atoms with Crippen molar-refractivity contribution < 1.29 is 4.57 Å². The molecule has 0 saturated carbocycles. The Kier molecular flexibility index (Phi) is 6.34. The molecule has 1 aromatic rings. The van der Waals surface area contributed by atoms with Gasteiger partial charge in [-0.1, -0.05) is 30.0 Å². The van der Waals surface area contributed by atoms with Crippen LogP contribution in [0.15, 0.2) is 30.3 Å². The standard InChI is InChI=1S/C16H23ClNOP/c1-13(2)18(14(3)4)20(17,19)15(5)11-12-16-9-7-6-8-10-16/h6-10,13-15H,1-5H3/t15-,20-/m0/s1. The lowest BCUT2D eigenvalue weighted by Crippen LogP contribution is -2.35. The minimum atomic E-state index is -3.01. The Morgan fingerprint density at radius 3 is 2.00 bits per heavy atom. The zero-order chi connectivity index (χ0) is 15.3. The molecule has 20 heavy (non-hydrogen) atoms. The summed E-state index contributed by atoms with van der Waals surface area (Å²) in [4.78, 5) is 0. The number of hydrogen-bond donors (Lipinski definition) is 0. The van der Waals surface area contributed by atoms with E-state index < -0.39 is 6.65 Å². The average molecular weight is 312 g/mol. The van der Waals surface area contributed by atoms with E-state index in [4.69, 9.17) is 11.2 Å². The molecular formula is C16H23ClNOP. The van der Waals surface area contributed by atoms with E-state index >= 15 is 0 Å². The van der Waals surface area contributed by atoms with Crippen LogP contribution in [0.1, 0.15) is 40.2 Å². The second-order valence-electron chi connectivity index (χ2n) is 5.42. The Balaban J connectivity index is 2.98. The fourth-order valence-electron chi connectivity index (χ4n) is 2.21. The maximum atomic E-state index is 12.9. The molecule has 2 atom stereocenters. The lowest BCUT2D eigenvalue weighted by molar-refractivity contribution is 0.304. The zero-order valence-corrected chi connectivity index (χ0v) is 14.4. The van der Waals surface area contributed by atoms with E-state index in [0.29, 0.717) is 0 Å². The van der Waals surface area contributed by atoms with E-state index in [1.807, 2.05) is 69.6 Å². The summed E-state index contributed by atoms with van der Waals surface area (Å²) < 4.78 is 14.8. The quantitative estimate of drug-likeness (QED) is 0.577. The third kappa shape index (κ3) is 4.38. The predicted molar refractivity (Wildman–Crippen MR) is 88.4 cm³/mol. The van der Waals surface area contributed by atoms with Crippen molar-refractivity contribution in [3.05, 3.63) is 35.9 Å². The van der Waals surface area contributed by atoms with Crippen LogP contribution in [0.25, 0.3) is 0 Å². The molecular weight excluding hydrogens is 289 g/mol. The van der Waals surface area contributed by atoms with E-state index in [2.05, 4.69) is 11.8 Å². The third-order valence-electron chi connectivity index (χ3n) is 3.05. The van der Waals surface area contributed by atoms with Crippen molar-refractivity contribution >= 4 is 17.9 Å². The Morgan fingerprint density at radius 1 is 1.05 bits per heavy atom. The van der Waals surface area contributed by atoms with Crippen LogP contribution >= 0.6 is 17.9 Å². The normalized spacial score (nSPS) is 15.8. The van der Waals surface area contributed by atoms with Gasteiger partial charge in [0.2, 0.25) is 6.65 Å². The summed E-state index contributed by atoms with van der Waals surface area (Å²) >= 11 is 6.39. The molecule has 1 rings (SSSR count). The van der Waals surface area contributed by atoms with Gasteiger partial charge in [-0.05, 0) is 58.0 Å². The molecule has 0 N–H and O–H groups in total. The summed E-state index contributed by atoms with van der Waals surface area (Å²) in [5.41, 5.74) is 0.547. The minimum Gasteiger partial charge on any atom is -0.288 e. The van der Waals surface area contributed by atoms with Crippen molar-refractivity contribution in [1.29, 1.82) is 0 Å². The topological polar surface area (TPSA) is 20.3 Å². The van der Waals surface area contributed by atoms with Crippen LogP contribution in [0.2, 0.25) is 0 Å². The first-order valence-corrected chi connectivity index (χ1v) is 9.55. The zero-order valence-electron chi connectivity index (χ0n) is 12.8. The number of hydrogen-bond acceptors (Lipinski definition) is 1. The highest BCUT2D eigenvalue weighted by Crippen LogP contribution is 2.60.